The van der Waals surface area contributed by atoms with Gasteiger partial charge in [-0.25, -0.2) is 9.79 Å². The minimum Gasteiger partial charge on any atom is -0.497 e. The third kappa shape index (κ3) is 5.12. The molecule has 0 saturated carbocycles. The quantitative estimate of drug-likeness (QED) is 0.612. The molecule has 0 spiro atoms. The lowest BCUT2D eigenvalue weighted by atomic mass is 9.93. The lowest BCUT2D eigenvalue weighted by Gasteiger charge is -2.36. The molecule has 1 N–H and O–H groups in total. The van der Waals surface area contributed by atoms with Gasteiger partial charge in [0.2, 0.25) is 5.91 Å². The van der Waals surface area contributed by atoms with Crippen LogP contribution in [0.5, 0.6) is 5.75 Å². The van der Waals surface area contributed by atoms with Gasteiger partial charge in [-0.2, -0.15) is 0 Å². The molecule has 7 nitrogen and oxygen atoms in total. The Balaban J connectivity index is 2.00. The molecule has 1 aromatic rings. The lowest BCUT2D eigenvalue weighted by Crippen LogP contribution is -2.38. The smallest absolute Gasteiger partial charge is 0.338 e. The first-order valence-electron chi connectivity index (χ1n) is 10.4. The normalized spacial score (nSPS) is 17.9. The van der Waals surface area contributed by atoms with Gasteiger partial charge in [0.05, 0.1) is 37.4 Å². The number of nitrogens with one attached hydrogen (secondary N) is 1. The van der Waals surface area contributed by atoms with Crippen LogP contribution in [0.15, 0.2) is 51.6 Å². The van der Waals surface area contributed by atoms with Crippen LogP contribution in [0.4, 0.5) is 0 Å². The first-order valence-corrected chi connectivity index (χ1v) is 11.3. The average Bonchev–Trinajstić information content (AvgIpc) is 3.13. The number of methoxy groups -OCH3 is 1. The van der Waals surface area contributed by atoms with Crippen molar-refractivity contribution in [2.45, 2.75) is 40.2 Å². The molecule has 0 fully saturated rings. The Kier molecular flexibility index (Phi) is 7.43. The van der Waals surface area contributed by atoms with Crippen LogP contribution in [0, 0.1) is 5.92 Å². The maximum atomic E-state index is 12.9. The molecular weight excluding hydrogens is 414 g/mol. The third-order valence-electron chi connectivity index (χ3n) is 4.95. The summed E-state index contributed by atoms with van der Waals surface area (Å²) in [6, 6.07) is 7.14. The van der Waals surface area contributed by atoms with Gasteiger partial charge < -0.3 is 19.7 Å². The molecule has 0 aliphatic carbocycles. The summed E-state index contributed by atoms with van der Waals surface area (Å²) in [5.41, 5.74) is 2.75. The largest absolute Gasteiger partial charge is 0.497 e. The van der Waals surface area contributed by atoms with Crippen molar-refractivity contribution in [2.75, 3.05) is 20.3 Å². The van der Waals surface area contributed by atoms with Gasteiger partial charge in [-0.15, -0.1) is 0 Å². The van der Waals surface area contributed by atoms with Crippen molar-refractivity contribution in [3.8, 4) is 5.75 Å². The van der Waals surface area contributed by atoms with Crippen LogP contribution in [-0.2, 0) is 14.3 Å². The summed E-state index contributed by atoms with van der Waals surface area (Å²) in [4.78, 5) is 32.1. The molecule has 2 aliphatic rings. The van der Waals surface area contributed by atoms with Crippen molar-refractivity contribution in [3.63, 3.8) is 0 Å². The van der Waals surface area contributed by atoms with Crippen LogP contribution in [0.2, 0.25) is 0 Å². The van der Waals surface area contributed by atoms with E-state index in [2.05, 4.69) is 24.2 Å². The molecule has 1 atom stereocenters. The SMILES string of the molecule is CCOC(=O)C1=C(C)N=C2SC=C(CC(=O)NCC(C)C)N2C1c1cccc(OC)c1. The topological polar surface area (TPSA) is 80.2 Å². The molecule has 2 aliphatic heterocycles. The number of hydrogen-bond donors (Lipinski definition) is 1. The van der Waals surface area contributed by atoms with E-state index >= 15 is 0 Å². The van der Waals surface area contributed by atoms with E-state index in [0.717, 1.165) is 16.4 Å². The number of esters is 1. The summed E-state index contributed by atoms with van der Waals surface area (Å²) in [6.07, 6.45) is 0.203. The molecule has 3 rings (SSSR count). The van der Waals surface area contributed by atoms with Crippen LogP contribution in [0.1, 0.15) is 45.7 Å². The summed E-state index contributed by atoms with van der Waals surface area (Å²) in [6.45, 7) is 8.59. The van der Waals surface area contributed by atoms with E-state index < -0.39 is 12.0 Å². The zero-order valence-corrected chi connectivity index (χ0v) is 19.4. The number of amides is 1. The molecule has 1 unspecified atom stereocenters. The molecule has 0 saturated heterocycles. The monoisotopic (exact) mass is 443 g/mol. The van der Waals surface area contributed by atoms with Crippen LogP contribution < -0.4 is 10.1 Å². The zero-order valence-electron chi connectivity index (χ0n) is 18.6. The third-order valence-corrected chi connectivity index (χ3v) is 5.84. The first kappa shape index (κ1) is 22.9. The van der Waals surface area contributed by atoms with Gasteiger partial charge in [0, 0.05) is 12.2 Å². The minimum atomic E-state index is -0.458. The van der Waals surface area contributed by atoms with E-state index in [9.17, 15) is 9.59 Å². The second-order valence-electron chi connectivity index (χ2n) is 7.76. The molecule has 2 heterocycles. The Hall–Kier alpha value is -2.74. The molecule has 31 heavy (non-hydrogen) atoms. The highest BCUT2D eigenvalue weighted by Gasteiger charge is 2.41. The highest BCUT2D eigenvalue weighted by Crippen LogP contribution is 2.45. The van der Waals surface area contributed by atoms with E-state index in [-0.39, 0.29) is 18.9 Å². The van der Waals surface area contributed by atoms with Crippen LogP contribution in [-0.4, -0.2) is 42.2 Å². The van der Waals surface area contributed by atoms with E-state index in [0.29, 0.717) is 29.5 Å². The number of carbonyl (C=O) groups is 2. The molecule has 1 aromatic carbocycles. The predicted octanol–water partition coefficient (Wildman–Crippen LogP) is 4.00. The number of carbonyl (C=O) groups excluding carboxylic acids is 2. The highest BCUT2D eigenvalue weighted by molar-refractivity contribution is 8.16. The van der Waals surface area contributed by atoms with Gasteiger partial charge >= 0.3 is 5.97 Å². The van der Waals surface area contributed by atoms with Crippen molar-refractivity contribution in [1.82, 2.24) is 10.2 Å². The van der Waals surface area contributed by atoms with E-state index in [1.807, 2.05) is 41.5 Å². The maximum absolute atomic E-state index is 12.9. The highest BCUT2D eigenvalue weighted by atomic mass is 32.2. The fourth-order valence-electron chi connectivity index (χ4n) is 3.51. The van der Waals surface area contributed by atoms with Gasteiger partial charge in [0.1, 0.15) is 5.75 Å². The summed E-state index contributed by atoms with van der Waals surface area (Å²) in [7, 11) is 1.61. The van der Waals surface area contributed by atoms with Crippen molar-refractivity contribution < 1.29 is 19.1 Å². The van der Waals surface area contributed by atoms with E-state index in [1.54, 1.807) is 14.0 Å². The van der Waals surface area contributed by atoms with Crippen molar-refractivity contribution in [2.24, 2.45) is 10.9 Å². The predicted molar refractivity (Wildman–Crippen MR) is 122 cm³/mol. The number of nitrogens with zero attached hydrogens (tertiary/aromatic N) is 2. The van der Waals surface area contributed by atoms with Crippen molar-refractivity contribution in [3.05, 3.63) is 52.2 Å². The van der Waals surface area contributed by atoms with Gasteiger partial charge in [-0.05, 0) is 42.9 Å². The average molecular weight is 444 g/mol. The summed E-state index contributed by atoms with van der Waals surface area (Å²) in [5, 5.41) is 5.63. The zero-order chi connectivity index (χ0) is 22.5. The molecule has 0 radical (unpaired) electrons. The molecule has 8 heteroatoms. The Labute approximate surface area is 187 Å². The lowest BCUT2D eigenvalue weighted by molar-refractivity contribution is -0.139. The molecule has 1 amide bonds. The summed E-state index contributed by atoms with van der Waals surface area (Å²) in [5.74, 6) is 0.592. The Bertz CT molecular complexity index is 952. The number of amidine groups is 1. The Morgan fingerprint density at radius 1 is 1.32 bits per heavy atom. The van der Waals surface area contributed by atoms with Gasteiger partial charge in [0.25, 0.3) is 0 Å². The number of thioether (sulfide) groups is 1. The fourth-order valence-corrected chi connectivity index (χ4v) is 4.48. The number of ether oxygens (including phenoxy) is 2. The van der Waals surface area contributed by atoms with Crippen LogP contribution in [0.25, 0.3) is 0 Å². The summed E-state index contributed by atoms with van der Waals surface area (Å²) >= 11 is 1.46. The molecule has 166 valence electrons. The van der Waals surface area contributed by atoms with Gasteiger partial charge in [-0.3, -0.25) is 4.79 Å². The molecule has 0 aromatic heterocycles. The van der Waals surface area contributed by atoms with Crippen LogP contribution >= 0.6 is 11.8 Å². The number of benzene rings is 1. The van der Waals surface area contributed by atoms with Gasteiger partial charge in [0.15, 0.2) is 5.17 Å². The number of fused-ring (bicyclic) bond motifs is 1. The maximum Gasteiger partial charge on any atom is 0.338 e. The second kappa shape index (κ2) is 10.0. The molecular formula is C23H29N3O4S. The van der Waals surface area contributed by atoms with E-state index in [1.165, 1.54) is 11.8 Å². The van der Waals surface area contributed by atoms with E-state index in [4.69, 9.17) is 9.47 Å². The number of rotatable bonds is 8. The minimum absolute atomic E-state index is 0.0600. The second-order valence-corrected chi connectivity index (χ2v) is 8.60. The Morgan fingerprint density at radius 2 is 2.10 bits per heavy atom. The number of allylic oxidation sites excluding steroid dienone is 1. The summed E-state index contributed by atoms with van der Waals surface area (Å²) < 4.78 is 10.8. The number of aliphatic imine (C=N–C) groups is 1. The fraction of sp³-hybridized carbons (Fsp3) is 0.435. The molecule has 0 bridgehead atoms. The van der Waals surface area contributed by atoms with Gasteiger partial charge in [-0.1, -0.05) is 37.7 Å². The van der Waals surface area contributed by atoms with Crippen molar-refractivity contribution >= 4 is 28.8 Å². The number of hydrogen-bond acceptors (Lipinski definition) is 7. The standard InChI is InChI=1S/C23H29N3O4S/c1-6-30-22(28)20-15(4)25-23-26(21(20)16-8-7-9-18(10-16)29-5)17(13-31-23)11-19(27)24-12-14(2)3/h7-10,13-14,21H,6,11-12H2,1-5H3,(H,24,27). The Morgan fingerprint density at radius 3 is 2.77 bits per heavy atom. The van der Waals surface area contributed by atoms with Crippen molar-refractivity contribution in [1.29, 1.82) is 0 Å². The van der Waals surface area contributed by atoms with Crippen LogP contribution in [0.3, 0.4) is 0 Å². The first-order chi connectivity index (χ1) is 14.8.